The molecule has 0 aliphatic heterocycles. The minimum atomic E-state index is -0.466. The van der Waals surface area contributed by atoms with E-state index in [0.29, 0.717) is 13.1 Å². The largest absolute Gasteiger partial charge is 0.387 e. The van der Waals surface area contributed by atoms with Crippen molar-refractivity contribution >= 4 is 17.0 Å². The zero-order valence-electron chi connectivity index (χ0n) is 10.2. The number of aliphatic hydroxyl groups excluding tert-OH is 1. The second kappa shape index (κ2) is 5.48. The molecule has 0 saturated carbocycles. The molecule has 5 nitrogen and oxygen atoms in total. The lowest BCUT2D eigenvalue weighted by Gasteiger charge is -2.10. The first-order valence-corrected chi connectivity index (χ1v) is 6.95. The Hall–Kier alpha value is -1.76. The second-order valence-corrected chi connectivity index (χ2v) is 5.04. The van der Waals surface area contributed by atoms with E-state index in [4.69, 9.17) is 0 Å². The molecule has 1 atom stereocenters. The van der Waals surface area contributed by atoms with Crippen LogP contribution < -0.4 is 5.32 Å². The molecule has 0 aromatic carbocycles. The van der Waals surface area contributed by atoms with Gasteiger partial charge < -0.3 is 10.4 Å². The Balaban J connectivity index is 1.61. The van der Waals surface area contributed by atoms with Crippen molar-refractivity contribution in [3.63, 3.8) is 0 Å². The molecule has 2 N–H and O–H groups in total. The Morgan fingerprint density at radius 2 is 2.37 bits per heavy atom. The average Bonchev–Trinajstić information content (AvgIpc) is 3.08. The first-order valence-electron chi connectivity index (χ1n) is 6.01. The van der Waals surface area contributed by atoms with Gasteiger partial charge in [0, 0.05) is 25.5 Å². The van der Waals surface area contributed by atoms with Gasteiger partial charge in [0.15, 0.2) is 5.65 Å². The number of nitrogens with one attached hydrogen (secondary N) is 1. The fraction of sp³-hybridized carbons (Fsp3) is 0.231. The van der Waals surface area contributed by atoms with Gasteiger partial charge in [-0.25, -0.2) is 4.98 Å². The number of fused-ring (bicyclic) bond motifs is 1. The van der Waals surface area contributed by atoms with Crippen LogP contribution in [0.5, 0.6) is 0 Å². The summed E-state index contributed by atoms with van der Waals surface area (Å²) in [5.74, 6) is 0. The summed E-state index contributed by atoms with van der Waals surface area (Å²) in [6, 6.07) is 1.94. The molecule has 3 heterocycles. The lowest BCUT2D eigenvalue weighted by atomic mass is 10.2. The summed E-state index contributed by atoms with van der Waals surface area (Å²) in [6.45, 7) is 1.18. The smallest absolute Gasteiger partial charge is 0.155 e. The summed E-state index contributed by atoms with van der Waals surface area (Å²) in [7, 11) is 0. The summed E-state index contributed by atoms with van der Waals surface area (Å²) in [6.07, 6.45) is 6.70. The summed E-state index contributed by atoms with van der Waals surface area (Å²) >= 11 is 1.59. The van der Waals surface area contributed by atoms with Crippen molar-refractivity contribution in [3.05, 3.63) is 52.9 Å². The van der Waals surface area contributed by atoms with Crippen LogP contribution in [0.1, 0.15) is 17.4 Å². The standard InChI is InChI=1S/C13H14N4OS/c18-12(10-1-4-19-9-10)7-15-5-11-6-16-13-8-14-2-3-17(11)13/h1-4,6,8-9,12,15,18H,5,7H2. The second-order valence-electron chi connectivity index (χ2n) is 4.26. The molecule has 0 saturated heterocycles. The van der Waals surface area contributed by atoms with Gasteiger partial charge in [-0.15, -0.1) is 0 Å². The molecule has 3 aromatic rings. The third-order valence-corrected chi connectivity index (χ3v) is 3.67. The van der Waals surface area contributed by atoms with E-state index >= 15 is 0 Å². The van der Waals surface area contributed by atoms with E-state index in [1.807, 2.05) is 33.6 Å². The van der Waals surface area contributed by atoms with Gasteiger partial charge in [0.25, 0.3) is 0 Å². The van der Waals surface area contributed by atoms with Gasteiger partial charge in [-0.1, -0.05) is 0 Å². The molecule has 3 rings (SSSR count). The van der Waals surface area contributed by atoms with Crippen molar-refractivity contribution in [1.82, 2.24) is 19.7 Å². The van der Waals surface area contributed by atoms with Crippen LogP contribution in [0.25, 0.3) is 5.65 Å². The lowest BCUT2D eigenvalue weighted by molar-refractivity contribution is 0.174. The number of imidazole rings is 1. The highest BCUT2D eigenvalue weighted by atomic mass is 32.1. The van der Waals surface area contributed by atoms with Crippen molar-refractivity contribution in [2.75, 3.05) is 6.54 Å². The quantitative estimate of drug-likeness (QED) is 0.742. The SMILES string of the molecule is OC(CNCc1cnc2cnccn12)c1ccsc1. The van der Waals surface area contributed by atoms with E-state index in [9.17, 15) is 5.11 Å². The molecular formula is C13H14N4OS. The number of thiophene rings is 1. The van der Waals surface area contributed by atoms with Gasteiger partial charge in [-0.3, -0.25) is 9.38 Å². The topological polar surface area (TPSA) is 62.5 Å². The van der Waals surface area contributed by atoms with Crippen LogP contribution in [-0.4, -0.2) is 26.0 Å². The van der Waals surface area contributed by atoms with Gasteiger partial charge in [0.2, 0.25) is 0 Å². The van der Waals surface area contributed by atoms with Gasteiger partial charge in [0.1, 0.15) is 0 Å². The van der Waals surface area contributed by atoms with Crippen LogP contribution in [0.3, 0.4) is 0 Å². The van der Waals surface area contributed by atoms with Crippen molar-refractivity contribution in [2.24, 2.45) is 0 Å². The highest BCUT2D eigenvalue weighted by Crippen LogP contribution is 2.15. The van der Waals surface area contributed by atoms with Crippen LogP contribution in [0.4, 0.5) is 0 Å². The third kappa shape index (κ3) is 2.65. The van der Waals surface area contributed by atoms with E-state index in [1.54, 1.807) is 23.7 Å². The van der Waals surface area contributed by atoms with Gasteiger partial charge in [-0.05, 0) is 22.4 Å². The highest BCUT2D eigenvalue weighted by molar-refractivity contribution is 7.07. The summed E-state index contributed by atoms with van der Waals surface area (Å²) in [5, 5.41) is 17.1. The molecule has 0 radical (unpaired) electrons. The zero-order valence-corrected chi connectivity index (χ0v) is 11.0. The summed E-state index contributed by atoms with van der Waals surface area (Å²) in [4.78, 5) is 8.29. The number of aliphatic hydroxyl groups is 1. The Morgan fingerprint density at radius 3 is 3.21 bits per heavy atom. The maximum absolute atomic E-state index is 9.96. The van der Waals surface area contributed by atoms with E-state index in [2.05, 4.69) is 15.3 Å². The molecule has 0 fully saturated rings. The first-order chi connectivity index (χ1) is 9.34. The molecule has 98 valence electrons. The fourth-order valence-electron chi connectivity index (χ4n) is 1.94. The zero-order chi connectivity index (χ0) is 13.1. The van der Waals surface area contributed by atoms with Crippen LogP contribution in [0.15, 0.2) is 41.6 Å². The van der Waals surface area contributed by atoms with Crippen LogP contribution in [-0.2, 0) is 6.54 Å². The molecule has 0 aliphatic carbocycles. The first kappa shape index (κ1) is 12.3. The molecule has 0 spiro atoms. The molecule has 3 aromatic heterocycles. The van der Waals surface area contributed by atoms with Crippen LogP contribution in [0.2, 0.25) is 0 Å². The van der Waals surface area contributed by atoms with E-state index < -0.39 is 6.10 Å². The van der Waals surface area contributed by atoms with Crippen molar-refractivity contribution in [2.45, 2.75) is 12.6 Å². The predicted octanol–water partition coefficient (Wildman–Crippen LogP) is 1.61. The molecule has 0 bridgehead atoms. The van der Waals surface area contributed by atoms with E-state index in [0.717, 1.165) is 16.9 Å². The number of hydrogen-bond acceptors (Lipinski definition) is 5. The van der Waals surface area contributed by atoms with E-state index in [1.165, 1.54) is 0 Å². The fourth-order valence-corrected chi connectivity index (χ4v) is 2.65. The van der Waals surface area contributed by atoms with Crippen molar-refractivity contribution < 1.29 is 5.11 Å². The lowest BCUT2D eigenvalue weighted by Crippen LogP contribution is -2.21. The summed E-state index contributed by atoms with van der Waals surface area (Å²) in [5.41, 5.74) is 2.84. The minimum Gasteiger partial charge on any atom is -0.387 e. The summed E-state index contributed by atoms with van der Waals surface area (Å²) < 4.78 is 1.98. The number of rotatable bonds is 5. The third-order valence-electron chi connectivity index (χ3n) is 2.97. The Morgan fingerprint density at radius 1 is 1.42 bits per heavy atom. The van der Waals surface area contributed by atoms with Gasteiger partial charge in [0.05, 0.1) is 24.2 Å². The normalized spacial score (nSPS) is 12.9. The number of aromatic nitrogens is 3. The molecule has 0 aliphatic rings. The maximum Gasteiger partial charge on any atom is 0.155 e. The molecule has 19 heavy (non-hydrogen) atoms. The predicted molar refractivity (Wildman–Crippen MR) is 74.0 cm³/mol. The van der Waals surface area contributed by atoms with Crippen molar-refractivity contribution in [1.29, 1.82) is 0 Å². The van der Waals surface area contributed by atoms with E-state index in [-0.39, 0.29) is 0 Å². The molecule has 1 unspecified atom stereocenters. The van der Waals surface area contributed by atoms with Gasteiger partial charge in [-0.2, -0.15) is 11.3 Å². The Kier molecular flexibility index (Phi) is 3.54. The average molecular weight is 274 g/mol. The highest BCUT2D eigenvalue weighted by Gasteiger charge is 2.08. The maximum atomic E-state index is 9.96. The van der Waals surface area contributed by atoms with Crippen molar-refractivity contribution in [3.8, 4) is 0 Å². The Bertz CT molecular complexity index is 650. The Labute approximate surface area is 114 Å². The molecule has 6 heteroatoms. The minimum absolute atomic E-state index is 0.466. The van der Waals surface area contributed by atoms with Crippen LogP contribution >= 0.6 is 11.3 Å². The molecular weight excluding hydrogens is 260 g/mol. The number of nitrogens with zero attached hydrogens (tertiary/aromatic N) is 3. The van der Waals surface area contributed by atoms with Crippen LogP contribution in [0, 0.1) is 0 Å². The number of hydrogen-bond donors (Lipinski definition) is 2. The van der Waals surface area contributed by atoms with Gasteiger partial charge >= 0.3 is 0 Å². The monoisotopic (exact) mass is 274 g/mol. The molecule has 0 amide bonds.